The fraction of sp³-hybridized carbons (Fsp3) is 0.409. The SMILES string of the molecule is COc1cc([C@@H]2c3sc(=O)n(CC(=O)N4CCOCC4)c3S[C@@H]3C(=O)N(C(N)=O)C(=O)[C@H]23)ccc1O. The van der Waals surface area contributed by atoms with E-state index in [1.54, 1.807) is 11.0 Å². The van der Waals surface area contributed by atoms with Crippen molar-refractivity contribution in [3.05, 3.63) is 38.3 Å². The van der Waals surface area contributed by atoms with Gasteiger partial charge in [0, 0.05) is 23.9 Å². The molecule has 36 heavy (non-hydrogen) atoms. The Bertz CT molecular complexity index is 1330. The first-order valence-corrected chi connectivity index (χ1v) is 12.7. The zero-order valence-corrected chi connectivity index (χ0v) is 20.7. The maximum absolute atomic E-state index is 13.2. The Morgan fingerprint density at radius 2 is 1.92 bits per heavy atom. The number of phenolic OH excluding ortho intramolecular Hbond substituents is 1. The third-order valence-corrected chi connectivity index (χ3v) is 9.09. The van der Waals surface area contributed by atoms with Crippen LogP contribution in [0.15, 0.2) is 28.0 Å². The lowest BCUT2D eigenvalue weighted by molar-refractivity contribution is -0.137. The van der Waals surface area contributed by atoms with Gasteiger partial charge in [-0.3, -0.25) is 23.7 Å². The number of thiazole rings is 1. The van der Waals surface area contributed by atoms with Gasteiger partial charge in [-0.05, 0) is 17.7 Å². The fourth-order valence-electron chi connectivity index (χ4n) is 4.77. The van der Waals surface area contributed by atoms with Gasteiger partial charge in [0.25, 0.3) is 5.91 Å². The van der Waals surface area contributed by atoms with E-state index in [2.05, 4.69) is 0 Å². The van der Waals surface area contributed by atoms with Gasteiger partial charge in [0.15, 0.2) is 11.5 Å². The van der Waals surface area contributed by atoms with Crippen molar-refractivity contribution in [2.75, 3.05) is 33.4 Å². The molecule has 0 saturated carbocycles. The third-order valence-electron chi connectivity index (χ3n) is 6.49. The fourth-order valence-corrected chi connectivity index (χ4v) is 7.54. The van der Waals surface area contributed by atoms with Gasteiger partial charge >= 0.3 is 10.9 Å². The van der Waals surface area contributed by atoms with Crippen LogP contribution in [0.4, 0.5) is 4.79 Å². The smallest absolute Gasteiger partial charge is 0.328 e. The number of rotatable bonds is 4. The average molecular weight is 535 g/mol. The van der Waals surface area contributed by atoms with E-state index in [0.29, 0.717) is 46.7 Å². The second kappa shape index (κ2) is 9.26. The second-order valence-electron chi connectivity index (χ2n) is 8.44. The molecule has 12 nitrogen and oxygen atoms in total. The zero-order chi connectivity index (χ0) is 25.7. The predicted octanol–water partition coefficient (Wildman–Crippen LogP) is 0.153. The summed E-state index contributed by atoms with van der Waals surface area (Å²) in [6.45, 7) is 1.40. The molecular weight excluding hydrogens is 512 g/mol. The third kappa shape index (κ3) is 3.85. The number of urea groups is 1. The van der Waals surface area contributed by atoms with Crippen LogP contribution in [0.3, 0.4) is 0 Å². The highest BCUT2D eigenvalue weighted by Crippen LogP contribution is 2.53. The van der Waals surface area contributed by atoms with E-state index >= 15 is 0 Å². The number of phenols is 1. The number of benzene rings is 1. The molecule has 2 fully saturated rings. The van der Waals surface area contributed by atoms with Crippen LogP contribution in [0.1, 0.15) is 16.4 Å². The molecule has 4 heterocycles. The topological polar surface area (TPSA) is 161 Å². The lowest BCUT2D eigenvalue weighted by atomic mass is 9.83. The van der Waals surface area contributed by atoms with Crippen molar-refractivity contribution < 1.29 is 33.8 Å². The Morgan fingerprint density at radius 3 is 2.58 bits per heavy atom. The highest BCUT2D eigenvalue weighted by molar-refractivity contribution is 8.00. The van der Waals surface area contributed by atoms with E-state index in [1.165, 1.54) is 23.8 Å². The molecule has 0 bridgehead atoms. The largest absolute Gasteiger partial charge is 0.504 e. The number of carbonyl (C=O) groups excluding carboxylic acids is 4. The Kier molecular flexibility index (Phi) is 6.26. The van der Waals surface area contributed by atoms with Gasteiger partial charge in [-0.15, -0.1) is 0 Å². The second-order valence-corrected chi connectivity index (χ2v) is 10.6. The first-order valence-electron chi connectivity index (χ1n) is 11.0. The lowest BCUT2D eigenvalue weighted by Crippen LogP contribution is -2.43. The number of fused-ring (bicyclic) bond motifs is 2. The minimum atomic E-state index is -1.18. The van der Waals surface area contributed by atoms with Crippen molar-refractivity contribution >= 4 is 46.9 Å². The average Bonchev–Trinajstić information content (AvgIpc) is 3.31. The molecule has 0 spiro atoms. The highest BCUT2D eigenvalue weighted by atomic mass is 32.2. The number of methoxy groups -OCH3 is 1. The summed E-state index contributed by atoms with van der Waals surface area (Å²) in [5.74, 6) is -3.60. The molecule has 3 aliphatic heterocycles. The van der Waals surface area contributed by atoms with Crippen molar-refractivity contribution in [3.63, 3.8) is 0 Å². The summed E-state index contributed by atoms with van der Waals surface area (Å²) < 4.78 is 11.8. The molecule has 1 aromatic heterocycles. The summed E-state index contributed by atoms with van der Waals surface area (Å²) in [4.78, 5) is 66.4. The monoisotopic (exact) mass is 534 g/mol. The maximum Gasteiger partial charge on any atom is 0.328 e. The Morgan fingerprint density at radius 1 is 1.19 bits per heavy atom. The molecule has 5 rings (SSSR count). The van der Waals surface area contributed by atoms with Crippen molar-refractivity contribution in [1.29, 1.82) is 0 Å². The van der Waals surface area contributed by atoms with E-state index < -0.39 is 39.8 Å². The number of nitrogens with zero attached hydrogens (tertiary/aromatic N) is 3. The number of imide groups is 3. The van der Waals surface area contributed by atoms with Crippen molar-refractivity contribution in [2.24, 2.45) is 11.7 Å². The highest BCUT2D eigenvalue weighted by Gasteiger charge is 2.58. The summed E-state index contributed by atoms with van der Waals surface area (Å²) in [6, 6.07) is 3.30. The van der Waals surface area contributed by atoms with E-state index in [0.717, 1.165) is 23.1 Å². The maximum atomic E-state index is 13.2. The standard InChI is InChI=1S/C22H22N4O8S2/c1-33-12-8-10(2-3-11(12)27)14-15-16(19(30)26(18(15)29)21(23)31)35-20-17(14)36-22(32)25(20)9-13(28)24-4-6-34-7-5-24/h2-3,8,14-16,27H,4-7,9H2,1H3,(H2,23,31)/t14-,15+,16-/m0/s1. The van der Waals surface area contributed by atoms with Crippen molar-refractivity contribution in [3.8, 4) is 11.5 Å². The van der Waals surface area contributed by atoms with Crippen molar-refractivity contribution in [2.45, 2.75) is 22.7 Å². The van der Waals surface area contributed by atoms with Crippen LogP contribution in [-0.4, -0.2) is 81.9 Å². The van der Waals surface area contributed by atoms with Gasteiger partial charge in [-0.25, -0.2) is 4.79 Å². The van der Waals surface area contributed by atoms with Crippen LogP contribution in [0.2, 0.25) is 0 Å². The molecule has 190 valence electrons. The molecule has 3 aliphatic rings. The Hall–Kier alpha value is -3.36. The normalized spacial score (nSPS) is 23.4. The number of morpholine rings is 1. The number of primary amides is 1. The van der Waals surface area contributed by atoms with E-state index in [9.17, 15) is 29.1 Å². The molecule has 2 aromatic rings. The Labute approximate surface area is 212 Å². The summed E-state index contributed by atoms with van der Waals surface area (Å²) in [7, 11) is 1.37. The number of likely N-dealkylation sites (tertiary alicyclic amines) is 1. The summed E-state index contributed by atoms with van der Waals surface area (Å²) >= 11 is 1.86. The molecule has 2 saturated heterocycles. The van der Waals surface area contributed by atoms with Gasteiger partial charge in [0.1, 0.15) is 11.8 Å². The summed E-state index contributed by atoms with van der Waals surface area (Å²) in [6.07, 6.45) is 0. The minimum Gasteiger partial charge on any atom is -0.504 e. The minimum absolute atomic E-state index is 0.127. The van der Waals surface area contributed by atoms with Gasteiger partial charge in [0.2, 0.25) is 11.8 Å². The molecule has 3 N–H and O–H groups in total. The molecule has 14 heteroatoms. The quantitative estimate of drug-likeness (QED) is 0.520. The van der Waals surface area contributed by atoms with E-state index in [-0.39, 0.29) is 24.0 Å². The number of ether oxygens (including phenoxy) is 2. The molecule has 3 atom stereocenters. The van der Waals surface area contributed by atoms with Gasteiger partial charge < -0.3 is 25.2 Å². The lowest BCUT2D eigenvalue weighted by Gasteiger charge is -2.31. The molecule has 1 aromatic carbocycles. The number of hydrogen-bond donors (Lipinski definition) is 2. The summed E-state index contributed by atoms with van der Waals surface area (Å²) in [5.41, 5.74) is 5.84. The van der Waals surface area contributed by atoms with Gasteiger partial charge in [-0.2, -0.15) is 4.90 Å². The number of aromatic nitrogens is 1. The number of carbonyl (C=O) groups is 4. The molecule has 0 aliphatic carbocycles. The van der Waals surface area contributed by atoms with Crippen LogP contribution >= 0.6 is 23.1 Å². The van der Waals surface area contributed by atoms with Crippen LogP contribution in [-0.2, 0) is 25.7 Å². The summed E-state index contributed by atoms with van der Waals surface area (Å²) in [5, 5.41) is 9.43. The molecule has 0 radical (unpaired) electrons. The van der Waals surface area contributed by atoms with Crippen LogP contribution in [0.5, 0.6) is 11.5 Å². The number of amides is 5. The number of thioether (sulfide) groups is 1. The molecule has 0 unspecified atom stereocenters. The molecule has 5 amide bonds. The van der Waals surface area contributed by atoms with Gasteiger partial charge in [0.05, 0.1) is 31.3 Å². The number of nitrogens with two attached hydrogens (primary N) is 1. The first-order chi connectivity index (χ1) is 17.2. The number of hydrogen-bond acceptors (Lipinski definition) is 10. The van der Waals surface area contributed by atoms with Crippen LogP contribution < -0.4 is 15.3 Å². The first kappa shape index (κ1) is 24.3. The Balaban J connectivity index is 1.62. The van der Waals surface area contributed by atoms with Gasteiger partial charge in [-0.1, -0.05) is 29.2 Å². The van der Waals surface area contributed by atoms with E-state index in [4.69, 9.17) is 15.2 Å². The zero-order valence-electron chi connectivity index (χ0n) is 19.0. The van der Waals surface area contributed by atoms with Crippen LogP contribution in [0.25, 0.3) is 0 Å². The van der Waals surface area contributed by atoms with Crippen molar-refractivity contribution in [1.82, 2.24) is 14.4 Å². The molecular formula is C22H22N4O8S2. The number of aromatic hydroxyl groups is 1. The van der Waals surface area contributed by atoms with E-state index in [1.807, 2.05) is 0 Å². The predicted molar refractivity (Wildman–Crippen MR) is 127 cm³/mol. The van der Waals surface area contributed by atoms with Crippen LogP contribution in [0, 0.1) is 5.92 Å².